The Morgan fingerprint density at radius 1 is 1.17 bits per heavy atom. The zero-order valence-electron chi connectivity index (χ0n) is 13.5. The Labute approximate surface area is 140 Å². The maximum atomic E-state index is 12.8. The van der Waals surface area contributed by atoms with E-state index in [0.717, 1.165) is 11.3 Å². The average molecular weight is 316 g/mol. The summed E-state index contributed by atoms with van der Waals surface area (Å²) in [5, 5.41) is 13.8. The molecule has 0 bridgehead atoms. The molecule has 2 heterocycles. The van der Waals surface area contributed by atoms with Crippen LogP contribution < -0.4 is 0 Å². The molecule has 0 amide bonds. The van der Waals surface area contributed by atoms with Gasteiger partial charge in [-0.15, -0.1) is 0 Å². The molecule has 24 heavy (non-hydrogen) atoms. The van der Waals surface area contributed by atoms with Crippen molar-refractivity contribution in [1.29, 1.82) is 5.26 Å². The first-order valence-electron chi connectivity index (χ1n) is 7.59. The summed E-state index contributed by atoms with van der Waals surface area (Å²) in [5.74, 6) is -1.21. The molecule has 5 nitrogen and oxygen atoms in total. The van der Waals surface area contributed by atoms with Crippen LogP contribution in [0.5, 0.6) is 0 Å². The van der Waals surface area contributed by atoms with Gasteiger partial charge in [-0.05, 0) is 37.6 Å². The Bertz CT molecular complexity index is 922. The molecule has 0 N–H and O–H groups in total. The molecule has 0 fully saturated rings. The van der Waals surface area contributed by atoms with Gasteiger partial charge >= 0.3 is 0 Å². The largest absolute Gasteiger partial charge is 0.292 e. The first kappa shape index (κ1) is 15.6. The molecule has 0 spiro atoms. The molecular weight excluding hydrogens is 300 g/mol. The summed E-state index contributed by atoms with van der Waals surface area (Å²) < 4.78 is 1.73. The van der Waals surface area contributed by atoms with Crippen molar-refractivity contribution in [3.05, 3.63) is 77.4 Å². The molecule has 0 saturated heterocycles. The van der Waals surface area contributed by atoms with Crippen LogP contribution in [0.2, 0.25) is 0 Å². The van der Waals surface area contributed by atoms with Crippen molar-refractivity contribution in [3.8, 4) is 11.8 Å². The number of nitrogens with zero attached hydrogens (tertiary/aromatic N) is 4. The standard InChI is InChI=1S/C19H16N4O/c1-13-7-3-4-9-18(13)23-14(2)16(12-22-23)19(24)15(11-20)17-8-5-6-10-21-17/h3-10,12,15H,1-2H3/t15-/m1/s1. The Balaban J connectivity index is 2.01. The quantitative estimate of drug-likeness (QED) is 0.692. The van der Waals surface area contributed by atoms with E-state index < -0.39 is 5.92 Å². The summed E-state index contributed by atoms with van der Waals surface area (Å²) in [5.41, 5.74) is 3.58. The number of carbonyl (C=O) groups excluding carboxylic acids is 1. The van der Waals surface area contributed by atoms with Crippen LogP contribution >= 0.6 is 0 Å². The monoisotopic (exact) mass is 316 g/mol. The topological polar surface area (TPSA) is 71.6 Å². The third-order valence-corrected chi connectivity index (χ3v) is 3.99. The van der Waals surface area contributed by atoms with Gasteiger partial charge in [0, 0.05) is 6.20 Å². The number of carbonyl (C=O) groups is 1. The van der Waals surface area contributed by atoms with Crippen LogP contribution in [0.4, 0.5) is 0 Å². The summed E-state index contributed by atoms with van der Waals surface area (Å²) in [6.45, 7) is 3.82. The van der Waals surface area contributed by atoms with Crippen LogP contribution in [0.25, 0.3) is 5.69 Å². The molecule has 0 aliphatic rings. The second-order valence-corrected chi connectivity index (χ2v) is 5.52. The molecule has 5 heteroatoms. The average Bonchev–Trinajstić information content (AvgIpc) is 2.98. The van der Waals surface area contributed by atoms with Gasteiger partial charge in [-0.1, -0.05) is 24.3 Å². The third kappa shape index (κ3) is 2.70. The van der Waals surface area contributed by atoms with E-state index in [1.54, 1.807) is 29.1 Å². The van der Waals surface area contributed by atoms with Crippen LogP contribution in [-0.2, 0) is 0 Å². The van der Waals surface area contributed by atoms with E-state index in [-0.39, 0.29) is 5.78 Å². The first-order chi connectivity index (χ1) is 11.6. The number of hydrogen-bond donors (Lipinski definition) is 0. The maximum absolute atomic E-state index is 12.8. The Morgan fingerprint density at radius 2 is 1.92 bits per heavy atom. The number of aryl methyl sites for hydroxylation is 1. The molecule has 1 aromatic carbocycles. The molecule has 118 valence electrons. The van der Waals surface area contributed by atoms with E-state index >= 15 is 0 Å². The minimum absolute atomic E-state index is 0.284. The van der Waals surface area contributed by atoms with Crippen molar-refractivity contribution < 1.29 is 4.79 Å². The lowest BCUT2D eigenvalue weighted by Crippen LogP contribution is -2.13. The summed E-state index contributed by atoms with van der Waals surface area (Å²) in [4.78, 5) is 16.9. The highest BCUT2D eigenvalue weighted by molar-refractivity contribution is 6.03. The zero-order chi connectivity index (χ0) is 17.1. The summed E-state index contributed by atoms with van der Waals surface area (Å²) in [6, 6.07) is 15.1. The number of para-hydroxylation sites is 1. The van der Waals surface area contributed by atoms with Crippen molar-refractivity contribution in [1.82, 2.24) is 14.8 Å². The van der Waals surface area contributed by atoms with E-state index in [1.165, 1.54) is 6.20 Å². The molecule has 2 aromatic heterocycles. The maximum Gasteiger partial charge on any atom is 0.189 e. The number of benzene rings is 1. The number of nitriles is 1. The van der Waals surface area contributed by atoms with E-state index in [4.69, 9.17) is 0 Å². The van der Waals surface area contributed by atoms with E-state index in [0.29, 0.717) is 17.0 Å². The van der Waals surface area contributed by atoms with Crippen LogP contribution in [0.3, 0.4) is 0 Å². The van der Waals surface area contributed by atoms with Crippen molar-refractivity contribution in [2.75, 3.05) is 0 Å². The number of pyridine rings is 1. The van der Waals surface area contributed by atoms with E-state index in [9.17, 15) is 10.1 Å². The van der Waals surface area contributed by atoms with Gasteiger partial charge in [-0.2, -0.15) is 10.4 Å². The van der Waals surface area contributed by atoms with Crippen LogP contribution in [-0.4, -0.2) is 20.5 Å². The molecule has 0 aliphatic carbocycles. The van der Waals surface area contributed by atoms with Gasteiger partial charge in [-0.3, -0.25) is 9.78 Å². The molecule has 0 saturated carbocycles. The fraction of sp³-hybridized carbons (Fsp3) is 0.158. The smallest absolute Gasteiger partial charge is 0.189 e. The molecule has 0 unspecified atom stereocenters. The van der Waals surface area contributed by atoms with E-state index in [1.807, 2.05) is 38.1 Å². The predicted molar refractivity (Wildman–Crippen MR) is 90.0 cm³/mol. The molecular formula is C19H16N4O. The van der Waals surface area contributed by atoms with Crippen LogP contribution in [0, 0.1) is 25.2 Å². The lowest BCUT2D eigenvalue weighted by atomic mass is 9.96. The fourth-order valence-corrected chi connectivity index (χ4v) is 2.66. The number of hydrogen-bond acceptors (Lipinski definition) is 4. The van der Waals surface area contributed by atoms with Gasteiger partial charge in [0.25, 0.3) is 0 Å². The second kappa shape index (κ2) is 6.47. The number of ketones is 1. The molecule has 0 aliphatic heterocycles. The summed E-state index contributed by atoms with van der Waals surface area (Å²) in [6.07, 6.45) is 3.11. The summed E-state index contributed by atoms with van der Waals surface area (Å²) >= 11 is 0. The third-order valence-electron chi connectivity index (χ3n) is 3.99. The Morgan fingerprint density at radius 3 is 2.58 bits per heavy atom. The van der Waals surface area contributed by atoms with E-state index in [2.05, 4.69) is 16.2 Å². The Hall–Kier alpha value is -3.26. The SMILES string of the molecule is Cc1ccccc1-n1ncc(C(=O)[C@H](C#N)c2ccccn2)c1C. The van der Waals surface area contributed by atoms with Crippen molar-refractivity contribution in [3.63, 3.8) is 0 Å². The highest BCUT2D eigenvalue weighted by Crippen LogP contribution is 2.23. The highest BCUT2D eigenvalue weighted by Gasteiger charge is 2.26. The van der Waals surface area contributed by atoms with Crippen molar-refractivity contribution >= 4 is 5.78 Å². The van der Waals surface area contributed by atoms with Crippen LogP contribution in [0.15, 0.2) is 54.9 Å². The van der Waals surface area contributed by atoms with Gasteiger partial charge in [-0.25, -0.2) is 4.68 Å². The minimum atomic E-state index is -0.931. The molecule has 0 radical (unpaired) electrons. The number of aromatic nitrogens is 3. The van der Waals surface area contributed by atoms with Gasteiger partial charge in [0.05, 0.1) is 34.9 Å². The molecule has 3 rings (SSSR count). The Kier molecular flexibility index (Phi) is 4.21. The molecule has 3 aromatic rings. The minimum Gasteiger partial charge on any atom is -0.292 e. The van der Waals surface area contributed by atoms with Gasteiger partial charge in [0.2, 0.25) is 0 Å². The predicted octanol–water partition coefficient (Wildman–Crippen LogP) is 3.37. The zero-order valence-corrected chi connectivity index (χ0v) is 13.5. The lowest BCUT2D eigenvalue weighted by molar-refractivity contribution is 0.0977. The first-order valence-corrected chi connectivity index (χ1v) is 7.59. The highest BCUT2D eigenvalue weighted by atomic mass is 16.1. The van der Waals surface area contributed by atoms with Crippen molar-refractivity contribution in [2.45, 2.75) is 19.8 Å². The van der Waals surface area contributed by atoms with Gasteiger partial charge in [0.1, 0.15) is 0 Å². The van der Waals surface area contributed by atoms with Crippen molar-refractivity contribution in [2.24, 2.45) is 0 Å². The molecule has 1 atom stereocenters. The van der Waals surface area contributed by atoms with Gasteiger partial charge in [0.15, 0.2) is 11.7 Å². The normalized spacial score (nSPS) is 11.7. The number of Topliss-reactive ketones (excluding diaryl/α,β-unsaturated/α-hetero) is 1. The van der Waals surface area contributed by atoms with Gasteiger partial charge < -0.3 is 0 Å². The second-order valence-electron chi connectivity index (χ2n) is 5.52. The number of rotatable bonds is 4. The fourth-order valence-electron chi connectivity index (χ4n) is 2.66. The van der Waals surface area contributed by atoms with Crippen LogP contribution in [0.1, 0.15) is 33.2 Å². The summed E-state index contributed by atoms with van der Waals surface area (Å²) in [7, 11) is 0. The lowest BCUT2D eigenvalue weighted by Gasteiger charge is -2.10.